The van der Waals surface area contributed by atoms with Gasteiger partial charge in [-0.3, -0.25) is 9.78 Å². The number of aromatic nitrogens is 1. The van der Waals surface area contributed by atoms with Gasteiger partial charge < -0.3 is 10.2 Å². The predicted octanol–water partition coefficient (Wildman–Crippen LogP) is 4.31. The van der Waals surface area contributed by atoms with E-state index in [9.17, 15) is 9.18 Å². The summed E-state index contributed by atoms with van der Waals surface area (Å²) in [6, 6.07) is 17.8. The first-order chi connectivity index (χ1) is 12.7. The number of pyridine rings is 1. The Morgan fingerprint density at radius 1 is 1.04 bits per heavy atom. The number of para-hydroxylation sites is 1. The zero-order valence-corrected chi connectivity index (χ0v) is 14.5. The summed E-state index contributed by atoms with van der Waals surface area (Å²) < 4.78 is 12.9. The molecule has 0 aliphatic heterocycles. The van der Waals surface area contributed by atoms with Crippen molar-refractivity contribution in [1.29, 1.82) is 0 Å². The summed E-state index contributed by atoms with van der Waals surface area (Å²) in [4.78, 5) is 18.7. The van der Waals surface area contributed by atoms with Crippen LogP contribution >= 0.6 is 0 Å². The lowest BCUT2D eigenvalue weighted by Crippen LogP contribution is -2.24. The Morgan fingerprint density at radius 3 is 2.46 bits per heavy atom. The Hall–Kier alpha value is -3.21. The third kappa shape index (κ3) is 4.25. The van der Waals surface area contributed by atoms with Gasteiger partial charge in [0.05, 0.1) is 17.4 Å². The number of anilines is 2. The van der Waals surface area contributed by atoms with E-state index in [0.29, 0.717) is 12.1 Å². The highest BCUT2D eigenvalue weighted by atomic mass is 19.1. The number of carbonyl (C=O) groups excluding carboxylic acids is 1. The van der Waals surface area contributed by atoms with Crippen LogP contribution in [0.2, 0.25) is 0 Å². The normalized spacial score (nSPS) is 10.4. The first-order valence-corrected chi connectivity index (χ1v) is 8.47. The SMILES string of the molecule is CCN(c1ccccc1)c1cncc(C(=O)NCc2ccc(F)cc2)c1. The number of amides is 1. The third-order valence-corrected chi connectivity index (χ3v) is 4.05. The van der Waals surface area contributed by atoms with Gasteiger partial charge in [0.2, 0.25) is 0 Å². The number of hydrogen-bond donors (Lipinski definition) is 1. The maximum atomic E-state index is 12.9. The molecule has 0 radical (unpaired) electrons. The Kier molecular flexibility index (Phi) is 5.59. The van der Waals surface area contributed by atoms with E-state index in [1.165, 1.54) is 12.1 Å². The molecule has 3 rings (SSSR count). The van der Waals surface area contributed by atoms with Crippen molar-refractivity contribution in [2.75, 3.05) is 11.4 Å². The first-order valence-electron chi connectivity index (χ1n) is 8.47. The van der Waals surface area contributed by atoms with E-state index in [4.69, 9.17) is 0 Å². The molecule has 1 aromatic heterocycles. The maximum Gasteiger partial charge on any atom is 0.253 e. The van der Waals surface area contributed by atoms with Crippen LogP contribution in [0, 0.1) is 5.82 Å². The molecule has 0 bridgehead atoms. The van der Waals surface area contributed by atoms with Crippen LogP contribution in [-0.4, -0.2) is 17.4 Å². The van der Waals surface area contributed by atoms with Gasteiger partial charge in [0.1, 0.15) is 5.82 Å². The van der Waals surface area contributed by atoms with Crippen LogP contribution in [0.25, 0.3) is 0 Å². The van der Waals surface area contributed by atoms with E-state index in [-0.39, 0.29) is 11.7 Å². The van der Waals surface area contributed by atoms with Crippen molar-refractivity contribution in [3.05, 3.63) is 90.0 Å². The predicted molar refractivity (Wildman–Crippen MR) is 101 cm³/mol. The van der Waals surface area contributed by atoms with Crippen molar-refractivity contribution in [1.82, 2.24) is 10.3 Å². The highest BCUT2D eigenvalue weighted by Crippen LogP contribution is 2.24. The molecule has 2 aromatic carbocycles. The molecule has 0 fully saturated rings. The Morgan fingerprint density at radius 2 is 1.77 bits per heavy atom. The molecule has 4 nitrogen and oxygen atoms in total. The van der Waals surface area contributed by atoms with Gasteiger partial charge in [-0.05, 0) is 42.8 Å². The van der Waals surface area contributed by atoms with Crippen LogP contribution in [-0.2, 0) is 6.54 Å². The topological polar surface area (TPSA) is 45.2 Å². The number of halogens is 1. The van der Waals surface area contributed by atoms with Gasteiger partial charge in [-0.1, -0.05) is 30.3 Å². The van der Waals surface area contributed by atoms with Gasteiger partial charge in [-0.15, -0.1) is 0 Å². The summed E-state index contributed by atoms with van der Waals surface area (Å²) in [5, 5.41) is 2.84. The first kappa shape index (κ1) is 17.6. The van der Waals surface area contributed by atoms with E-state index in [1.807, 2.05) is 43.3 Å². The highest BCUT2D eigenvalue weighted by Gasteiger charge is 2.11. The number of rotatable bonds is 6. The number of benzene rings is 2. The van der Waals surface area contributed by atoms with Crippen molar-refractivity contribution >= 4 is 17.3 Å². The van der Waals surface area contributed by atoms with E-state index in [1.54, 1.807) is 24.5 Å². The Balaban J connectivity index is 1.73. The van der Waals surface area contributed by atoms with E-state index in [2.05, 4.69) is 15.2 Å². The fourth-order valence-electron chi connectivity index (χ4n) is 2.71. The molecule has 1 heterocycles. The maximum absolute atomic E-state index is 12.9. The van der Waals surface area contributed by atoms with Crippen molar-refractivity contribution in [2.24, 2.45) is 0 Å². The van der Waals surface area contributed by atoms with Gasteiger partial charge >= 0.3 is 0 Å². The molecule has 0 aliphatic rings. The van der Waals surface area contributed by atoms with Crippen LogP contribution in [0.15, 0.2) is 73.1 Å². The van der Waals surface area contributed by atoms with Crippen molar-refractivity contribution in [2.45, 2.75) is 13.5 Å². The van der Waals surface area contributed by atoms with Gasteiger partial charge in [0.25, 0.3) is 5.91 Å². The summed E-state index contributed by atoms with van der Waals surface area (Å²) >= 11 is 0. The fraction of sp³-hybridized carbons (Fsp3) is 0.143. The molecule has 0 atom stereocenters. The van der Waals surface area contributed by atoms with E-state index < -0.39 is 0 Å². The molecule has 0 saturated carbocycles. The number of carbonyl (C=O) groups is 1. The molecule has 0 spiro atoms. The summed E-state index contributed by atoms with van der Waals surface area (Å²) in [6.45, 7) is 3.14. The minimum atomic E-state index is -0.294. The molecule has 0 unspecified atom stereocenters. The zero-order valence-electron chi connectivity index (χ0n) is 14.5. The number of nitrogens with one attached hydrogen (secondary N) is 1. The Bertz CT molecular complexity index is 866. The van der Waals surface area contributed by atoms with Gasteiger partial charge in [0, 0.05) is 25.0 Å². The lowest BCUT2D eigenvalue weighted by molar-refractivity contribution is 0.0950. The zero-order chi connectivity index (χ0) is 18.4. The number of hydrogen-bond acceptors (Lipinski definition) is 3. The minimum absolute atomic E-state index is 0.215. The lowest BCUT2D eigenvalue weighted by Gasteiger charge is -2.23. The Labute approximate surface area is 152 Å². The standard InChI is InChI=1S/C21H20FN3O/c1-2-25(19-6-4-3-5-7-19)20-12-17(14-23-15-20)21(26)24-13-16-8-10-18(22)11-9-16/h3-12,14-15H,2,13H2,1H3,(H,24,26). The average molecular weight is 349 g/mol. The highest BCUT2D eigenvalue weighted by molar-refractivity contribution is 5.94. The molecule has 5 heteroatoms. The van der Waals surface area contributed by atoms with Crippen LogP contribution in [0.5, 0.6) is 0 Å². The van der Waals surface area contributed by atoms with Crippen molar-refractivity contribution in [3.8, 4) is 0 Å². The summed E-state index contributed by atoms with van der Waals surface area (Å²) in [6.07, 6.45) is 3.29. The molecule has 132 valence electrons. The van der Waals surface area contributed by atoms with Gasteiger partial charge in [-0.2, -0.15) is 0 Å². The van der Waals surface area contributed by atoms with Gasteiger partial charge in [0.15, 0.2) is 0 Å². The van der Waals surface area contributed by atoms with E-state index >= 15 is 0 Å². The largest absolute Gasteiger partial charge is 0.348 e. The van der Waals surface area contributed by atoms with Crippen molar-refractivity contribution < 1.29 is 9.18 Å². The third-order valence-electron chi connectivity index (χ3n) is 4.05. The second-order valence-electron chi connectivity index (χ2n) is 5.82. The molecule has 3 aromatic rings. The fourth-order valence-corrected chi connectivity index (χ4v) is 2.71. The second-order valence-corrected chi connectivity index (χ2v) is 5.82. The summed E-state index contributed by atoms with van der Waals surface area (Å²) in [5.41, 5.74) is 3.22. The summed E-state index contributed by atoms with van der Waals surface area (Å²) in [5.74, 6) is -0.509. The summed E-state index contributed by atoms with van der Waals surface area (Å²) in [7, 11) is 0. The number of nitrogens with zero attached hydrogens (tertiary/aromatic N) is 2. The smallest absolute Gasteiger partial charge is 0.253 e. The average Bonchev–Trinajstić information content (AvgIpc) is 2.69. The van der Waals surface area contributed by atoms with Crippen LogP contribution in [0.1, 0.15) is 22.8 Å². The monoisotopic (exact) mass is 349 g/mol. The molecular weight excluding hydrogens is 329 g/mol. The van der Waals surface area contributed by atoms with Gasteiger partial charge in [-0.25, -0.2) is 4.39 Å². The second kappa shape index (κ2) is 8.25. The van der Waals surface area contributed by atoms with Crippen LogP contribution < -0.4 is 10.2 Å². The van der Waals surface area contributed by atoms with Crippen molar-refractivity contribution in [3.63, 3.8) is 0 Å². The van der Waals surface area contributed by atoms with Crippen LogP contribution in [0.3, 0.4) is 0 Å². The quantitative estimate of drug-likeness (QED) is 0.721. The molecule has 0 saturated heterocycles. The van der Waals surface area contributed by atoms with E-state index in [0.717, 1.165) is 23.5 Å². The molecular formula is C21H20FN3O. The lowest BCUT2D eigenvalue weighted by atomic mass is 10.2. The molecule has 0 aliphatic carbocycles. The molecule has 26 heavy (non-hydrogen) atoms. The molecule has 1 amide bonds. The van der Waals surface area contributed by atoms with Crippen LogP contribution in [0.4, 0.5) is 15.8 Å². The minimum Gasteiger partial charge on any atom is -0.348 e. The molecule has 1 N–H and O–H groups in total.